The van der Waals surface area contributed by atoms with Crippen molar-refractivity contribution < 1.29 is 9.53 Å². The molecule has 0 spiro atoms. The summed E-state index contributed by atoms with van der Waals surface area (Å²) in [4.78, 5) is 24.4. The van der Waals surface area contributed by atoms with Crippen molar-refractivity contribution in [3.63, 3.8) is 0 Å². The number of likely N-dealkylation sites (N-methyl/N-ethyl adjacent to an activating group) is 1. The Morgan fingerprint density at radius 1 is 1.06 bits per heavy atom. The molecule has 6 nitrogen and oxygen atoms in total. The molecule has 3 aromatic rings. The molecule has 34 heavy (non-hydrogen) atoms. The van der Waals surface area contributed by atoms with Gasteiger partial charge in [0.15, 0.2) is 0 Å². The van der Waals surface area contributed by atoms with Crippen LogP contribution in [0.15, 0.2) is 60.8 Å². The van der Waals surface area contributed by atoms with Crippen LogP contribution in [0.5, 0.6) is 5.75 Å². The second kappa shape index (κ2) is 9.74. The van der Waals surface area contributed by atoms with E-state index in [1.165, 1.54) is 16.7 Å². The molecule has 2 aromatic carbocycles. The first-order valence-corrected chi connectivity index (χ1v) is 12.1. The fourth-order valence-electron chi connectivity index (χ4n) is 4.83. The molecule has 2 aliphatic rings. The number of nitrogens with zero attached hydrogens (tertiary/aromatic N) is 4. The van der Waals surface area contributed by atoms with Gasteiger partial charge in [0.2, 0.25) is 0 Å². The minimum absolute atomic E-state index is 0.0448. The van der Waals surface area contributed by atoms with Crippen LogP contribution in [0.4, 0.5) is 0 Å². The minimum Gasteiger partial charge on any atom is -0.492 e. The highest BCUT2D eigenvalue weighted by Gasteiger charge is 2.36. The zero-order chi connectivity index (χ0) is 23.7. The lowest BCUT2D eigenvalue weighted by molar-refractivity contribution is 0.0599. The summed E-state index contributed by atoms with van der Waals surface area (Å²) in [5.41, 5.74) is 5.31. The Morgan fingerprint density at radius 2 is 1.82 bits per heavy atom. The second-order valence-corrected chi connectivity index (χ2v) is 9.46. The standard InChI is InChI=1S/C27H29ClN4O2/c1-30(2)16-17-34-19-9-10-24(28)23(18-19)27(33)32-14-12-31(13-15-32)26-21-7-4-3-6-20(21)25-22(26)8-5-11-29-25/h3-11,18,26H,12-17H2,1-2H3. The maximum Gasteiger partial charge on any atom is 0.255 e. The van der Waals surface area contributed by atoms with E-state index < -0.39 is 0 Å². The van der Waals surface area contributed by atoms with Crippen molar-refractivity contribution in [1.29, 1.82) is 0 Å². The average molecular weight is 477 g/mol. The van der Waals surface area contributed by atoms with Crippen LogP contribution in [0, 0.1) is 0 Å². The number of amides is 1. The Labute approximate surface area is 205 Å². The van der Waals surface area contributed by atoms with E-state index in [-0.39, 0.29) is 11.9 Å². The molecule has 0 N–H and O–H groups in total. The van der Waals surface area contributed by atoms with E-state index in [1.807, 2.05) is 37.3 Å². The van der Waals surface area contributed by atoms with Crippen molar-refractivity contribution in [2.24, 2.45) is 0 Å². The lowest BCUT2D eigenvalue weighted by Gasteiger charge is -2.38. The maximum atomic E-state index is 13.3. The van der Waals surface area contributed by atoms with E-state index >= 15 is 0 Å². The van der Waals surface area contributed by atoms with E-state index in [9.17, 15) is 4.79 Å². The number of hydrogen-bond acceptors (Lipinski definition) is 5. The lowest BCUT2D eigenvalue weighted by Crippen LogP contribution is -2.49. The van der Waals surface area contributed by atoms with Gasteiger partial charge in [-0.05, 0) is 43.9 Å². The quantitative estimate of drug-likeness (QED) is 0.533. The van der Waals surface area contributed by atoms with Gasteiger partial charge in [0.1, 0.15) is 12.4 Å². The number of carbonyl (C=O) groups is 1. The number of hydrogen-bond donors (Lipinski definition) is 0. The molecule has 7 heteroatoms. The number of aromatic nitrogens is 1. The maximum absolute atomic E-state index is 13.3. The fourth-order valence-corrected chi connectivity index (χ4v) is 5.03. The van der Waals surface area contributed by atoms with Crippen molar-refractivity contribution in [2.75, 3.05) is 53.4 Å². The van der Waals surface area contributed by atoms with Crippen LogP contribution in [-0.2, 0) is 0 Å². The van der Waals surface area contributed by atoms with Gasteiger partial charge in [0.25, 0.3) is 5.91 Å². The van der Waals surface area contributed by atoms with Crippen LogP contribution < -0.4 is 4.74 Å². The summed E-state index contributed by atoms with van der Waals surface area (Å²) in [6, 6.07) is 18.2. The van der Waals surface area contributed by atoms with Crippen LogP contribution >= 0.6 is 11.6 Å². The van der Waals surface area contributed by atoms with Crippen molar-refractivity contribution in [2.45, 2.75) is 6.04 Å². The van der Waals surface area contributed by atoms with E-state index in [4.69, 9.17) is 16.3 Å². The summed E-state index contributed by atoms with van der Waals surface area (Å²) < 4.78 is 5.82. The molecule has 1 aliphatic heterocycles. The van der Waals surface area contributed by atoms with Gasteiger partial charge in [-0.1, -0.05) is 41.9 Å². The Hall–Kier alpha value is -2.93. The normalized spacial score (nSPS) is 17.5. The molecule has 2 heterocycles. The summed E-state index contributed by atoms with van der Waals surface area (Å²) in [5, 5.41) is 0.456. The van der Waals surface area contributed by atoms with E-state index in [0.29, 0.717) is 36.0 Å². The van der Waals surface area contributed by atoms with Gasteiger partial charge >= 0.3 is 0 Å². The van der Waals surface area contributed by atoms with E-state index in [0.717, 1.165) is 25.3 Å². The third-order valence-electron chi connectivity index (χ3n) is 6.59. The Morgan fingerprint density at radius 3 is 2.62 bits per heavy atom. The number of halogens is 1. The average Bonchev–Trinajstić information content (AvgIpc) is 3.19. The second-order valence-electron chi connectivity index (χ2n) is 9.05. The zero-order valence-corrected chi connectivity index (χ0v) is 20.3. The summed E-state index contributed by atoms with van der Waals surface area (Å²) in [7, 11) is 4.00. The monoisotopic (exact) mass is 476 g/mol. The van der Waals surface area contributed by atoms with Gasteiger partial charge < -0.3 is 14.5 Å². The highest BCUT2D eigenvalue weighted by molar-refractivity contribution is 6.33. The van der Waals surface area contributed by atoms with Crippen LogP contribution in [0.1, 0.15) is 27.5 Å². The Balaban J connectivity index is 1.29. The number of ether oxygens (including phenoxy) is 1. The van der Waals surface area contributed by atoms with E-state index in [2.05, 4.69) is 45.1 Å². The predicted octanol–water partition coefficient (Wildman–Crippen LogP) is 4.20. The SMILES string of the molecule is CN(C)CCOc1ccc(Cl)c(C(=O)N2CCN(C3c4ccccc4-c4ncccc43)CC2)c1. The van der Waals surface area contributed by atoms with Gasteiger partial charge in [0.05, 0.1) is 22.3 Å². The van der Waals surface area contributed by atoms with Crippen LogP contribution in [0.3, 0.4) is 0 Å². The van der Waals surface area contributed by atoms with Crippen LogP contribution in [-0.4, -0.2) is 79.0 Å². The first-order chi connectivity index (χ1) is 16.5. The summed E-state index contributed by atoms with van der Waals surface area (Å²) in [6.07, 6.45) is 1.86. The molecule has 0 saturated carbocycles. The molecule has 1 aromatic heterocycles. The fraction of sp³-hybridized carbons (Fsp3) is 0.333. The molecule has 0 radical (unpaired) electrons. The third-order valence-corrected chi connectivity index (χ3v) is 6.92. The molecule has 1 unspecified atom stereocenters. The molecule has 0 bridgehead atoms. The molecule has 1 aliphatic carbocycles. The number of piperazine rings is 1. The summed E-state index contributed by atoms with van der Waals surface area (Å²) >= 11 is 6.41. The Kier molecular flexibility index (Phi) is 6.55. The van der Waals surface area contributed by atoms with Gasteiger partial charge in [-0.3, -0.25) is 14.7 Å². The zero-order valence-electron chi connectivity index (χ0n) is 19.6. The van der Waals surface area contributed by atoms with Crippen LogP contribution in [0.2, 0.25) is 5.02 Å². The predicted molar refractivity (Wildman–Crippen MR) is 134 cm³/mol. The van der Waals surface area contributed by atoms with Crippen LogP contribution in [0.25, 0.3) is 11.3 Å². The minimum atomic E-state index is -0.0448. The van der Waals surface area contributed by atoms with Gasteiger partial charge in [-0.25, -0.2) is 0 Å². The summed E-state index contributed by atoms with van der Waals surface area (Å²) in [5.74, 6) is 0.622. The molecule has 1 saturated heterocycles. The number of rotatable bonds is 6. The summed E-state index contributed by atoms with van der Waals surface area (Å²) in [6.45, 7) is 4.23. The molecule has 176 valence electrons. The number of benzene rings is 2. The first-order valence-electron chi connectivity index (χ1n) is 11.7. The van der Waals surface area contributed by atoms with Gasteiger partial charge in [-0.2, -0.15) is 0 Å². The molecule has 1 atom stereocenters. The van der Waals surface area contributed by atoms with Crippen molar-refractivity contribution in [3.05, 3.63) is 82.5 Å². The molecular weight excluding hydrogens is 448 g/mol. The topological polar surface area (TPSA) is 48.9 Å². The number of pyridine rings is 1. The Bertz CT molecular complexity index is 1150. The van der Waals surface area contributed by atoms with Gasteiger partial charge in [0, 0.05) is 50.0 Å². The highest BCUT2D eigenvalue weighted by Crippen LogP contribution is 2.45. The number of fused-ring (bicyclic) bond motifs is 3. The van der Waals surface area contributed by atoms with Crippen molar-refractivity contribution in [3.8, 4) is 17.0 Å². The van der Waals surface area contributed by atoms with E-state index in [1.54, 1.807) is 12.1 Å². The first kappa shape index (κ1) is 22.8. The van der Waals surface area contributed by atoms with Crippen molar-refractivity contribution in [1.82, 2.24) is 19.7 Å². The number of carbonyl (C=O) groups excluding carboxylic acids is 1. The highest BCUT2D eigenvalue weighted by atomic mass is 35.5. The van der Waals surface area contributed by atoms with Gasteiger partial charge in [-0.15, -0.1) is 0 Å². The third kappa shape index (κ3) is 4.41. The molecule has 1 amide bonds. The largest absolute Gasteiger partial charge is 0.492 e. The lowest BCUT2D eigenvalue weighted by atomic mass is 10.0. The van der Waals surface area contributed by atoms with Crippen molar-refractivity contribution >= 4 is 17.5 Å². The molecular formula is C27H29ClN4O2. The molecule has 5 rings (SSSR count). The molecule has 1 fully saturated rings. The smallest absolute Gasteiger partial charge is 0.255 e.